The highest BCUT2D eigenvalue weighted by Gasteiger charge is 2.21. The molecule has 0 aliphatic rings. The summed E-state index contributed by atoms with van der Waals surface area (Å²) >= 11 is 0. The number of hydrogen-bond acceptors (Lipinski definition) is 5. The Bertz CT molecular complexity index is 841. The lowest BCUT2D eigenvalue weighted by atomic mass is 10.1. The number of hydrogen-bond donors (Lipinski definition) is 3. The third kappa shape index (κ3) is 35.7. The standard InChI is InChI=1S/C43H81N3O4.2H2/c1-4-6-8-10-12-14-16-18-19-20-22-24-26-28-30-36-42(48)46-40(43(49)50-39-33-37-44-3)34-31-32-38-45-41(47)35-29-27-25-23-21-17-15-13-11-9-7-5-2;;/h13,15,18-19,40,44H,4-12,14,16-17,20-39H2,1-3H3,(H,45,47)(H,46,48);2*1H/b15-13-,19-18-;;. The fraction of sp³-hybridized carbons (Fsp3) is 0.837. The van der Waals surface area contributed by atoms with Gasteiger partial charge in [0.25, 0.3) is 0 Å². The minimum absolute atomic E-state index is 0. The van der Waals surface area contributed by atoms with E-state index in [0.717, 1.165) is 64.3 Å². The maximum absolute atomic E-state index is 12.8. The molecule has 0 aliphatic carbocycles. The van der Waals surface area contributed by atoms with Crippen LogP contribution in [0, 0.1) is 0 Å². The zero-order chi connectivity index (χ0) is 36.6. The van der Waals surface area contributed by atoms with E-state index in [9.17, 15) is 14.4 Å². The van der Waals surface area contributed by atoms with Crippen molar-refractivity contribution in [2.75, 3.05) is 26.7 Å². The van der Waals surface area contributed by atoms with Crippen molar-refractivity contribution in [2.24, 2.45) is 0 Å². The van der Waals surface area contributed by atoms with Crippen LogP contribution in [-0.2, 0) is 19.1 Å². The number of nitrogens with one attached hydrogen (secondary N) is 3. The number of rotatable bonds is 38. The molecule has 0 aromatic rings. The highest BCUT2D eigenvalue weighted by molar-refractivity contribution is 5.84. The summed E-state index contributed by atoms with van der Waals surface area (Å²) in [6.45, 7) is 6.21. The van der Waals surface area contributed by atoms with E-state index in [0.29, 0.717) is 32.4 Å². The Morgan fingerprint density at radius 1 is 0.540 bits per heavy atom. The van der Waals surface area contributed by atoms with Gasteiger partial charge in [0.1, 0.15) is 6.04 Å². The number of carbonyl (C=O) groups excluding carboxylic acids is 3. The summed E-state index contributed by atoms with van der Waals surface area (Å²) in [6, 6.07) is -0.632. The molecule has 50 heavy (non-hydrogen) atoms. The molecule has 0 aliphatic heterocycles. The molecule has 0 heterocycles. The van der Waals surface area contributed by atoms with E-state index < -0.39 is 6.04 Å². The zero-order valence-electron chi connectivity index (χ0n) is 33.1. The second-order valence-corrected chi connectivity index (χ2v) is 14.2. The summed E-state index contributed by atoms with van der Waals surface area (Å²) in [4.78, 5) is 37.8. The van der Waals surface area contributed by atoms with E-state index in [1.165, 1.54) is 109 Å². The number of allylic oxidation sites excluding steroid dienone is 4. The highest BCUT2D eigenvalue weighted by Crippen LogP contribution is 2.12. The summed E-state index contributed by atoms with van der Waals surface area (Å²) in [5.74, 6) is -0.327. The lowest BCUT2D eigenvalue weighted by molar-refractivity contribution is -0.148. The highest BCUT2D eigenvalue weighted by atomic mass is 16.5. The largest absolute Gasteiger partial charge is 0.464 e. The van der Waals surface area contributed by atoms with Crippen LogP contribution in [-0.4, -0.2) is 50.6 Å². The van der Waals surface area contributed by atoms with Crippen molar-refractivity contribution in [3.63, 3.8) is 0 Å². The lowest BCUT2D eigenvalue weighted by Crippen LogP contribution is -2.42. The van der Waals surface area contributed by atoms with Gasteiger partial charge in [-0.2, -0.15) is 0 Å². The topological polar surface area (TPSA) is 96.5 Å². The monoisotopic (exact) mass is 708 g/mol. The summed E-state index contributed by atoms with van der Waals surface area (Å²) < 4.78 is 5.47. The van der Waals surface area contributed by atoms with E-state index in [1.807, 2.05) is 7.05 Å². The van der Waals surface area contributed by atoms with E-state index in [1.54, 1.807) is 0 Å². The maximum Gasteiger partial charge on any atom is 0.328 e. The summed E-state index contributed by atoms with van der Waals surface area (Å²) in [5, 5.41) is 9.02. The molecule has 0 rings (SSSR count). The van der Waals surface area contributed by atoms with Gasteiger partial charge in [0.2, 0.25) is 11.8 Å². The van der Waals surface area contributed by atoms with Gasteiger partial charge < -0.3 is 20.7 Å². The Morgan fingerprint density at radius 3 is 1.54 bits per heavy atom. The molecular weight excluding hydrogens is 622 g/mol. The SMILES string of the molecule is CCCCC/C=C\CCCCCCCC(=O)NCCCCC(NC(=O)CCCCCCC/C=C\CCCCCCCC)C(=O)OCCCNC.[HH].[HH]. The van der Waals surface area contributed by atoms with Gasteiger partial charge in [0.05, 0.1) is 6.61 Å². The van der Waals surface area contributed by atoms with E-state index in [4.69, 9.17) is 4.74 Å². The minimum atomic E-state index is -0.632. The Kier molecular flexibility index (Phi) is 37.9. The predicted molar refractivity (Wildman–Crippen MR) is 218 cm³/mol. The van der Waals surface area contributed by atoms with E-state index in [-0.39, 0.29) is 20.6 Å². The molecule has 3 N–H and O–H groups in total. The van der Waals surface area contributed by atoms with Crippen molar-refractivity contribution in [1.82, 2.24) is 16.0 Å². The van der Waals surface area contributed by atoms with Crippen LogP contribution in [0.1, 0.15) is 203 Å². The molecule has 2 amide bonds. The number of amides is 2. The lowest BCUT2D eigenvalue weighted by Gasteiger charge is -2.18. The van der Waals surface area contributed by atoms with Crippen LogP contribution >= 0.6 is 0 Å². The van der Waals surface area contributed by atoms with Crippen LogP contribution in [0.15, 0.2) is 24.3 Å². The Labute approximate surface area is 312 Å². The van der Waals surface area contributed by atoms with Gasteiger partial charge >= 0.3 is 5.97 Å². The molecule has 7 nitrogen and oxygen atoms in total. The molecule has 0 bridgehead atoms. The number of esters is 1. The van der Waals surface area contributed by atoms with Crippen molar-refractivity contribution < 1.29 is 22.0 Å². The fourth-order valence-corrected chi connectivity index (χ4v) is 6.01. The molecule has 1 atom stereocenters. The van der Waals surface area contributed by atoms with E-state index in [2.05, 4.69) is 54.1 Å². The van der Waals surface area contributed by atoms with Crippen molar-refractivity contribution in [1.29, 1.82) is 0 Å². The van der Waals surface area contributed by atoms with Crippen LogP contribution in [0.3, 0.4) is 0 Å². The molecule has 0 radical (unpaired) electrons. The molecule has 0 fully saturated rings. The molecule has 296 valence electrons. The van der Waals surface area contributed by atoms with Gasteiger partial charge in [0.15, 0.2) is 0 Å². The molecular formula is C43H85N3O4. The van der Waals surface area contributed by atoms with Gasteiger partial charge in [-0.05, 0) is 103 Å². The van der Waals surface area contributed by atoms with Crippen LogP contribution in [0.2, 0.25) is 0 Å². The van der Waals surface area contributed by atoms with Gasteiger partial charge in [-0.25, -0.2) is 4.79 Å². The zero-order valence-corrected chi connectivity index (χ0v) is 33.1. The predicted octanol–water partition coefficient (Wildman–Crippen LogP) is 11.3. The summed E-state index contributed by atoms with van der Waals surface area (Å²) in [7, 11) is 1.87. The average molecular weight is 708 g/mol. The van der Waals surface area contributed by atoms with Crippen LogP contribution in [0.5, 0.6) is 0 Å². The second kappa shape index (κ2) is 39.6. The molecule has 0 spiro atoms. The number of unbranched alkanes of at least 4 members (excludes halogenated alkanes) is 20. The summed E-state index contributed by atoms with van der Waals surface area (Å²) in [5.41, 5.74) is 0. The van der Waals surface area contributed by atoms with E-state index >= 15 is 0 Å². The quantitative estimate of drug-likeness (QED) is 0.0337. The first kappa shape index (κ1) is 47.8. The minimum Gasteiger partial charge on any atom is -0.464 e. The van der Waals surface area contributed by atoms with Crippen LogP contribution < -0.4 is 16.0 Å². The Balaban J connectivity index is -0.0000120. The summed E-state index contributed by atoms with van der Waals surface area (Å²) in [6.07, 6.45) is 41.0. The number of carbonyl (C=O) groups is 3. The fourth-order valence-electron chi connectivity index (χ4n) is 6.01. The first-order chi connectivity index (χ1) is 24.5. The van der Waals surface area contributed by atoms with Crippen molar-refractivity contribution in [2.45, 2.75) is 206 Å². The van der Waals surface area contributed by atoms with Gasteiger partial charge in [-0.15, -0.1) is 0 Å². The molecule has 1 unspecified atom stereocenters. The van der Waals surface area contributed by atoms with Crippen molar-refractivity contribution in [3.8, 4) is 0 Å². The third-order valence-corrected chi connectivity index (χ3v) is 9.26. The van der Waals surface area contributed by atoms with Crippen LogP contribution in [0.25, 0.3) is 0 Å². The maximum atomic E-state index is 12.8. The molecule has 7 heteroatoms. The Morgan fingerprint density at radius 2 is 1.00 bits per heavy atom. The molecule has 0 saturated carbocycles. The number of ether oxygens (including phenoxy) is 1. The van der Waals surface area contributed by atoms with Gasteiger partial charge in [-0.1, -0.05) is 122 Å². The normalized spacial score (nSPS) is 12.1. The van der Waals surface area contributed by atoms with Gasteiger partial charge in [-0.3, -0.25) is 9.59 Å². The van der Waals surface area contributed by atoms with Crippen LogP contribution in [0.4, 0.5) is 0 Å². The first-order valence-corrected chi connectivity index (χ1v) is 21.2. The molecule has 0 saturated heterocycles. The van der Waals surface area contributed by atoms with Crippen molar-refractivity contribution in [3.05, 3.63) is 24.3 Å². The van der Waals surface area contributed by atoms with Gasteiger partial charge in [0, 0.05) is 22.2 Å². The average Bonchev–Trinajstić information content (AvgIpc) is 3.11. The first-order valence-electron chi connectivity index (χ1n) is 21.2. The van der Waals surface area contributed by atoms with Crippen molar-refractivity contribution >= 4 is 17.8 Å². The third-order valence-electron chi connectivity index (χ3n) is 9.26. The second-order valence-electron chi connectivity index (χ2n) is 14.2. The molecule has 0 aromatic heterocycles. The molecule has 0 aromatic carbocycles. The Hall–Kier alpha value is -2.15. The smallest absolute Gasteiger partial charge is 0.328 e.